The van der Waals surface area contributed by atoms with Gasteiger partial charge in [-0.25, -0.2) is 9.18 Å². The average Bonchev–Trinajstić information content (AvgIpc) is 2.65. The predicted molar refractivity (Wildman–Crippen MR) is 100 cm³/mol. The predicted octanol–water partition coefficient (Wildman–Crippen LogP) is 1.58. The summed E-state index contributed by atoms with van der Waals surface area (Å²) in [7, 11) is 1.37. The number of amides is 1. The fourth-order valence-electron chi connectivity index (χ4n) is 2.71. The summed E-state index contributed by atoms with van der Waals surface area (Å²) in [6.45, 7) is 0.133. The summed E-state index contributed by atoms with van der Waals surface area (Å²) in [5, 5.41) is 0. The number of nitrogens with one attached hydrogen (secondary N) is 1. The number of halogens is 1. The summed E-state index contributed by atoms with van der Waals surface area (Å²) in [6, 6.07) is 14.0. The van der Waals surface area contributed by atoms with Crippen molar-refractivity contribution in [2.75, 3.05) is 17.7 Å². The number of aromatic nitrogens is 2. The quantitative estimate of drug-likeness (QED) is 0.730. The zero-order valence-electron chi connectivity index (χ0n) is 14.5. The second-order valence-corrected chi connectivity index (χ2v) is 5.94. The van der Waals surface area contributed by atoms with Crippen molar-refractivity contribution in [2.24, 2.45) is 0 Å². The molecular weight excluding hydrogens is 351 g/mol. The molecule has 0 radical (unpaired) electrons. The van der Waals surface area contributed by atoms with Gasteiger partial charge in [-0.1, -0.05) is 30.3 Å². The van der Waals surface area contributed by atoms with Gasteiger partial charge in [0.2, 0.25) is 0 Å². The van der Waals surface area contributed by atoms with Crippen molar-refractivity contribution in [3.8, 4) is 0 Å². The molecule has 0 bridgehead atoms. The second-order valence-electron chi connectivity index (χ2n) is 5.94. The van der Waals surface area contributed by atoms with Crippen molar-refractivity contribution in [3.63, 3.8) is 0 Å². The minimum absolute atomic E-state index is 0.133. The summed E-state index contributed by atoms with van der Waals surface area (Å²) in [5.74, 6) is -1.18. The van der Waals surface area contributed by atoms with Gasteiger partial charge in [-0.2, -0.15) is 0 Å². The van der Waals surface area contributed by atoms with Crippen LogP contribution in [0.3, 0.4) is 0 Å². The topological polar surface area (TPSA) is 101 Å². The van der Waals surface area contributed by atoms with Crippen LogP contribution in [0, 0.1) is 5.82 Å². The number of carbonyl (C=O) groups excluding carboxylic acids is 1. The minimum atomic E-state index is -0.778. The van der Waals surface area contributed by atoms with Gasteiger partial charge in [-0.05, 0) is 29.8 Å². The lowest BCUT2D eigenvalue weighted by atomic mass is 10.2. The lowest BCUT2D eigenvalue weighted by Crippen LogP contribution is -2.39. The number of H-pyrrole nitrogens is 1. The molecule has 0 unspecified atom stereocenters. The van der Waals surface area contributed by atoms with Crippen LogP contribution < -0.4 is 21.9 Å². The Balaban J connectivity index is 2.03. The highest BCUT2D eigenvalue weighted by Crippen LogP contribution is 2.18. The van der Waals surface area contributed by atoms with Crippen molar-refractivity contribution < 1.29 is 9.18 Å². The van der Waals surface area contributed by atoms with Gasteiger partial charge in [-0.15, -0.1) is 0 Å². The van der Waals surface area contributed by atoms with Crippen LogP contribution in [-0.4, -0.2) is 22.5 Å². The van der Waals surface area contributed by atoms with Gasteiger partial charge in [0.15, 0.2) is 5.69 Å². The third-order valence-corrected chi connectivity index (χ3v) is 4.13. The van der Waals surface area contributed by atoms with Crippen molar-refractivity contribution >= 4 is 17.4 Å². The molecule has 1 aromatic heterocycles. The third-order valence-electron chi connectivity index (χ3n) is 4.13. The van der Waals surface area contributed by atoms with Gasteiger partial charge in [0.1, 0.15) is 11.6 Å². The zero-order valence-corrected chi connectivity index (χ0v) is 14.5. The first kappa shape index (κ1) is 18.1. The van der Waals surface area contributed by atoms with Crippen LogP contribution in [0.15, 0.2) is 64.2 Å². The van der Waals surface area contributed by atoms with Crippen LogP contribution in [0.25, 0.3) is 0 Å². The molecule has 3 rings (SSSR count). The SMILES string of the molecule is CN(C(=O)c1ccc(F)cc1)c1c(N)n(Cc2ccccc2)c(=O)[nH]c1=O. The maximum absolute atomic E-state index is 13.1. The normalized spacial score (nSPS) is 10.6. The van der Waals surface area contributed by atoms with Gasteiger partial charge in [0.05, 0.1) is 6.54 Å². The molecule has 0 fully saturated rings. The molecule has 8 heteroatoms. The van der Waals surface area contributed by atoms with Gasteiger partial charge in [-0.3, -0.25) is 19.1 Å². The lowest BCUT2D eigenvalue weighted by molar-refractivity contribution is 0.0992. The maximum Gasteiger partial charge on any atom is 0.330 e. The van der Waals surface area contributed by atoms with Crippen molar-refractivity contribution in [1.82, 2.24) is 9.55 Å². The molecular formula is C19H17FN4O3. The average molecular weight is 368 g/mol. The molecule has 1 amide bonds. The van der Waals surface area contributed by atoms with Crippen LogP contribution in [0.4, 0.5) is 15.9 Å². The first-order valence-electron chi connectivity index (χ1n) is 8.08. The van der Waals surface area contributed by atoms with Gasteiger partial charge < -0.3 is 10.6 Å². The highest BCUT2D eigenvalue weighted by atomic mass is 19.1. The monoisotopic (exact) mass is 368 g/mol. The van der Waals surface area contributed by atoms with E-state index in [1.54, 1.807) is 0 Å². The molecule has 3 N–H and O–H groups in total. The van der Waals surface area contributed by atoms with Gasteiger partial charge >= 0.3 is 5.69 Å². The number of hydrogen-bond donors (Lipinski definition) is 2. The number of anilines is 2. The van der Waals surface area contributed by atoms with Crippen LogP contribution >= 0.6 is 0 Å². The van der Waals surface area contributed by atoms with Crippen LogP contribution in [-0.2, 0) is 6.54 Å². The molecule has 0 spiro atoms. The summed E-state index contributed by atoms with van der Waals surface area (Å²) in [6.07, 6.45) is 0. The largest absolute Gasteiger partial charge is 0.383 e. The first-order valence-corrected chi connectivity index (χ1v) is 8.08. The van der Waals surface area contributed by atoms with Gasteiger partial charge in [0.25, 0.3) is 11.5 Å². The van der Waals surface area contributed by atoms with E-state index in [9.17, 15) is 18.8 Å². The first-order chi connectivity index (χ1) is 12.9. The fourth-order valence-corrected chi connectivity index (χ4v) is 2.71. The standard InChI is InChI=1S/C19H17FN4O3/c1-23(18(26)13-7-9-14(20)10-8-13)15-16(21)24(19(27)22-17(15)25)11-12-5-3-2-4-6-12/h2-10H,11,21H2,1H3,(H,22,25,27). The fraction of sp³-hybridized carbons (Fsp3) is 0.105. The molecule has 2 aromatic carbocycles. The Labute approximate surface area is 153 Å². The van der Waals surface area contributed by atoms with Crippen LogP contribution in [0.5, 0.6) is 0 Å². The molecule has 0 aliphatic carbocycles. The maximum atomic E-state index is 13.1. The number of nitrogens with zero attached hydrogens (tertiary/aromatic N) is 2. The molecule has 0 atom stereocenters. The number of aromatic amines is 1. The number of rotatable bonds is 4. The summed E-state index contributed by atoms with van der Waals surface area (Å²) in [4.78, 5) is 40.3. The molecule has 27 heavy (non-hydrogen) atoms. The molecule has 0 saturated carbocycles. The molecule has 138 valence electrons. The molecule has 7 nitrogen and oxygen atoms in total. The number of benzene rings is 2. The van der Waals surface area contributed by atoms with Crippen molar-refractivity contribution in [2.45, 2.75) is 6.54 Å². The van der Waals surface area contributed by atoms with E-state index in [0.717, 1.165) is 22.6 Å². The highest BCUT2D eigenvalue weighted by Gasteiger charge is 2.22. The smallest absolute Gasteiger partial charge is 0.330 e. The molecule has 0 saturated heterocycles. The zero-order chi connectivity index (χ0) is 19.6. The van der Waals surface area contributed by atoms with Crippen LogP contribution in [0.1, 0.15) is 15.9 Å². The Hall–Kier alpha value is -3.68. The molecule has 0 aliphatic heterocycles. The van der Waals surface area contributed by atoms with E-state index in [-0.39, 0.29) is 23.6 Å². The second kappa shape index (κ2) is 7.28. The summed E-state index contributed by atoms with van der Waals surface area (Å²) >= 11 is 0. The van der Waals surface area contributed by atoms with E-state index in [2.05, 4.69) is 4.98 Å². The Morgan fingerprint density at radius 2 is 1.74 bits per heavy atom. The summed E-state index contributed by atoms with van der Waals surface area (Å²) in [5.41, 5.74) is 5.44. The van der Waals surface area contributed by atoms with E-state index in [0.29, 0.717) is 0 Å². The number of nitrogen functional groups attached to an aromatic ring is 1. The van der Waals surface area contributed by atoms with Crippen LogP contribution in [0.2, 0.25) is 0 Å². The Morgan fingerprint density at radius 1 is 1.11 bits per heavy atom. The summed E-state index contributed by atoms with van der Waals surface area (Å²) < 4.78 is 14.2. The van der Waals surface area contributed by atoms with E-state index in [4.69, 9.17) is 5.73 Å². The lowest BCUT2D eigenvalue weighted by Gasteiger charge is -2.20. The van der Waals surface area contributed by atoms with E-state index in [1.165, 1.54) is 23.7 Å². The Morgan fingerprint density at radius 3 is 2.37 bits per heavy atom. The molecule has 1 heterocycles. The molecule has 3 aromatic rings. The minimum Gasteiger partial charge on any atom is -0.383 e. The van der Waals surface area contributed by atoms with E-state index < -0.39 is 23.0 Å². The number of hydrogen-bond acceptors (Lipinski definition) is 4. The third kappa shape index (κ3) is 3.64. The van der Waals surface area contributed by atoms with E-state index in [1.807, 2.05) is 30.3 Å². The van der Waals surface area contributed by atoms with Crippen molar-refractivity contribution in [1.29, 1.82) is 0 Å². The number of carbonyl (C=O) groups is 1. The highest BCUT2D eigenvalue weighted by molar-refractivity contribution is 6.06. The Kier molecular flexibility index (Phi) is 4.89. The number of nitrogens with two attached hydrogens (primary N) is 1. The van der Waals surface area contributed by atoms with Crippen molar-refractivity contribution in [3.05, 3.63) is 92.4 Å². The Bertz CT molecular complexity index is 1090. The van der Waals surface area contributed by atoms with E-state index >= 15 is 0 Å². The van der Waals surface area contributed by atoms with Gasteiger partial charge in [0, 0.05) is 12.6 Å². The molecule has 0 aliphatic rings.